The molecule has 1 heterocycles. The van der Waals surface area contributed by atoms with E-state index in [9.17, 15) is 4.39 Å². The maximum absolute atomic E-state index is 13.8. The van der Waals surface area contributed by atoms with Gasteiger partial charge in [0.15, 0.2) is 0 Å². The van der Waals surface area contributed by atoms with Gasteiger partial charge in [-0.3, -0.25) is 0 Å². The van der Waals surface area contributed by atoms with Crippen LogP contribution in [-0.2, 0) is 6.42 Å². The van der Waals surface area contributed by atoms with E-state index in [0.29, 0.717) is 16.9 Å². The van der Waals surface area contributed by atoms with Crippen molar-refractivity contribution in [3.05, 3.63) is 47.5 Å². The van der Waals surface area contributed by atoms with Crippen LogP contribution in [0.15, 0.2) is 34.7 Å². The van der Waals surface area contributed by atoms with Gasteiger partial charge in [-0.15, -0.1) is 0 Å². The lowest BCUT2D eigenvalue weighted by Crippen LogP contribution is -1.85. The molecular formula is C16H16FNO. The van der Waals surface area contributed by atoms with Gasteiger partial charge in [0.25, 0.3) is 0 Å². The molecule has 0 unspecified atom stereocenters. The minimum atomic E-state index is -0.423. The van der Waals surface area contributed by atoms with E-state index in [1.165, 1.54) is 12.5 Å². The Bertz CT molecular complexity index is 595. The topological polar surface area (TPSA) is 36.9 Å². The van der Waals surface area contributed by atoms with Crippen LogP contribution in [0.1, 0.15) is 37.5 Å². The van der Waals surface area contributed by atoms with E-state index < -0.39 is 5.82 Å². The molecule has 2 aromatic rings. The summed E-state index contributed by atoms with van der Waals surface area (Å²) in [7, 11) is 0. The Hall–Kier alpha value is -2.08. The third-order valence-corrected chi connectivity index (χ3v) is 3.05. The maximum Gasteiger partial charge on any atom is 0.137 e. The molecule has 0 aliphatic heterocycles. The summed E-state index contributed by atoms with van der Waals surface area (Å²) in [5, 5.41) is 8.71. The van der Waals surface area contributed by atoms with E-state index in [-0.39, 0.29) is 0 Å². The number of hydrogen-bond acceptors (Lipinski definition) is 2. The lowest BCUT2D eigenvalue weighted by molar-refractivity contribution is 0.504. The highest BCUT2D eigenvalue weighted by Gasteiger charge is 2.10. The van der Waals surface area contributed by atoms with Crippen LogP contribution in [0.3, 0.4) is 0 Å². The Morgan fingerprint density at radius 2 is 2.05 bits per heavy atom. The smallest absolute Gasteiger partial charge is 0.137 e. The third-order valence-electron chi connectivity index (χ3n) is 3.05. The Labute approximate surface area is 112 Å². The van der Waals surface area contributed by atoms with Crippen LogP contribution >= 0.6 is 0 Å². The van der Waals surface area contributed by atoms with Gasteiger partial charge < -0.3 is 4.42 Å². The Morgan fingerprint density at radius 1 is 1.21 bits per heavy atom. The highest BCUT2D eigenvalue weighted by atomic mass is 19.1. The number of unbranched alkanes of at least 4 members (excludes halogenated alkanes) is 2. The van der Waals surface area contributed by atoms with Crippen LogP contribution in [-0.4, -0.2) is 0 Å². The molecule has 0 saturated heterocycles. The molecule has 0 aliphatic rings. The summed E-state index contributed by atoms with van der Waals surface area (Å²) in [6.45, 7) is 2.15. The predicted molar refractivity (Wildman–Crippen MR) is 72.0 cm³/mol. The van der Waals surface area contributed by atoms with E-state index in [4.69, 9.17) is 9.68 Å². The van der Waals surface area contributed by atoms with Crippen molar-refractivity contribution in [2.24, 2.45) is 0 Å². The zero-order valence-electron chi connectivity index (χ0n) is 10.9. The standard InChI is InChI=1S/C16H16FNO/c1-2-3-4-5-13-7-9-16(19-13)14-8-6-12(11-18)10-15(14)17/h6-10H,2-5H2,1H3. The zero-order valence-corrected chi connectivity index (χ0v) is 10.9. The van der Waals surface area contributed by atoms with Gasteiger partial charge in [-0.1, -0.05) is 19.8 Å². The van der Waals surface area contributed by atoms with Crippen LogP contribution in [0.2, 0.25) is 0 Å². The second-order valence-corrected chi connectivity index (χ2v) is 4.53. The zero-order chi connectivity index (χ0) is 13.7. The van der Waals surface area contributed by atoms with Gasteiger partial charge in [-0.2, -0.15) is 5.26 Å². The van der Waals surface area contributed by atoms with Crippen molar-refractivity contribution < 1.29 is 8.81 Å². The summed E-state index contributed by atoms with van der Waals surface area (Å²) in [6.07, 6.45) is 4.30. The van der Waals surface area contributed by atoms with Crippen LogP contribution in [0.4, 0.5) is 4.39 Å². The Balaban J connectivity index is 2.16. The number of furan rings is 1. The molecule has 0 saturated carbocycles. The molecular weight excluding hydrogens is 241 g/mol. The number of rotatable bonds is 5. The number of nitriles is 1. The molecule has 0 radical (unpaired) electrons. The molecule has 0 bridgehead atoms. The number of aryl methyl sites for hydroxylation is 1. The lowest BCUT2D eigenvalue weighted by atomic mass is 10.1. The van der Waals surface area contributed by atoms with Gasteiger partial charge in [0, 0.05) is 6.42 Å². The molecule has 2 nitrogen and oxygen atoms in total. The van der Waals surface area contributed by atoms with E-state index in [2.05, 4.69) is 6.92 Å². The summed E-state index contributed by atoms with van der Waals surface area (Å²) in [5.41, 5.74) is 0.719. The number of hydrogen-bond donors (Lipinski definition) is 0. The van der Waals surface area contributed by atoms with Gasteiger partial charge in [0.05, 0.1) is 17.2 Å². The second-order valence-electron chi connectivity index (χ2n) is 4.53. The maximum atomic E-state index is 13.8. The number of nitrogens with zero attached hydrogens (tertiary/aromatic N) is 1. The van der Waals surface area contributed by atoms with Crippen molar-refractivity contribution >= 4 is 0 Å². The van der Waals surface area contributed by atoms with Gasteiger partial charge in [-0.25, -0.2) is 4.39 Å². The van der Waals surface area contributed by atoms with Crippen molar-refractivity contribution in [3.8, 4) is 17.4 Å². The molecule has 0 aliphatic carbocycles. The van der Waals surface area contributed by atoms with Gasteiger partial charge >= 0.3 is 0 Å². The Kier molecular flexibility index (Phi) is 4.35. The summed E-state index contributed by atoms with van der Waals surface area (Å²) in [5.74, 6) is 0.981. The molecule has 1 aromatic carbocycles. The predicted octanol–water partition coefficient (Wildman–Crippen LogP) is 4.69. The summed E-state index contributed by atoms with van der Waals surface area (Å²) in [4.78, 5) is 0. The van der Waals surface area contributed by atoms with E-state index in [1.54, 1.807) is 18.2 Å². The average Bonchev–Trinajstić information content (AvgIpc) is 2.87. The first-order valence-corrected chi connectivity index (χ1v) is 6.53. The van der Waals surface area contributed by atoms with Crippen molar-refractivity contribution in [3.63, 3.8) is 0 Å². The largest absolute Gasteiger partial charge is 0.461 e. The van der Waals surface area contributed by atoms with Gasteiger partial charge in [0.1, 0.15) is 17.3 Å². The molecule has 19 heavy (non-hydrogen) atoms. The molecule has 2 rings (SSSR count). The molecule has 0 atom stereocenters. The second kappa shape index (κ2) is 6.19. The summed E-state index contributed by atoms with van der Waals surface area (Å²) >= 11 is 0. The van der Waals surface area contributed by atoms with Crippen LogP contribution < -0.4 is 0 Å². The molecule has 0 fully saturated rings. The summed E-state index contributed by atoms with van der Waals surface area (Å²) in [6, 6.07) is 10.0. The number of halogens is 1. The quantitative estimate of drug-likeness (QED) is 0.728. The molecule has 0 N–H and O–H groups in total. The fourth-order valence-corrected chi connectivity index (χ4v) is 1.99. The highest BCUT2D eigenvalue weighted by Crippen LogP contribution is 2.26. The first-order chi connectivity index (χ1) is 9.24. The molecule has 1 aromatic heterocycles. The fraction of sp³-hybridized carbons (Fsp3) is 0.312. The fourth-order valence-electron chi connectivity index (χ4n) is 1.99. The molecule has 0 spiro atoms. The normalized spacial score (nSPS) is 10.4. The Morgan fingerprint density at radius 3 is 2.74 bits per heavy atom. The van der Waals surface area contributed by atoms with Crippen molar-refractivity contribution in [2.75, 3.05) is 0 Å². The molecule has 98 valence electrons. The average molecular weight is 257 g/mol. The minimum Gasteiger partial charge on any atom is -0.461 e. The van der Waals surface area contributed by atoms with Gasteiger partial charge in [-0.05, 0) is 36.8 Å². The van der Waals surface area contributed by atoms with Crippen molar-refractivity contribution in [1.29, 1.82) is 5.26 Å². The SMILES string of the molecule is CCCCCc1ccc(-c2ccc(C#N)cc2F)o1. The molecule has 0 amide bonds. The van der Waals surface area contributed by atoms with E-state index in [0.717, 1.165) is 25.0 Å². The highest BCUT2D eigenvalue weighted by molar-refractivity contribution is 5.59. The van der Waals surface area contributed by atoms with Crippen LogP contribution in [0.25, 0.3) is 11.3 Å². The van der Waals surface area contributed by atoms with Crippen LogP contribution in [0.5, 0.6) is 0 Å². The van der Waals surface area contributed by atoms with E-state index >= 15 is 0 Å². The third kappa shape index (κ3) is 3.23. The summed E-state index contributed by atoms with van der Waals surface area (Å²) < 4.78 is 19.5. The van der Waals surface area contributed by atoms with E-state index in [1.807, 2.05) is 12.1 Å². The number of benzene rings is 1. The molecule has 3 heteroatoms. The lowest BCUT2D eigenvalue weighted by Gasteiger charge is -2.00. The van der Waals surface area contributed by atoms with Crippen LogP contribution in [0, 0.1) is 17.1 Å². The monoisotopic (exact) mass is 257 g/mol. The van der Waals surface area contributed by atoms with Crippen molar-refractivity contribution in [1.82, 2.24) is 0 Å². The van der Waals surface area contributed by atoms with Crippen molar-refractivity contribution in [2.45, 2.75) is 32.6 Å². The minimum absolute atomic E-state index is 0.316. The first kappa shape index (κ1) is 13.4. The first-order valence-electron chi connectivity index (χ1n) is 6.53. The van der Waals surface area contributed by atoms with Gasteiger partial charge in [0.2, 0.25) is 0 Å².